The molecule has 6 nitrogen and oxygen atoms in total. The van der Waals surface area contributed by atoms with Crippen molar-refractivity contribution in [3.63, 3.8) is 0 Å². The molecule has 23 heavy (non-hydrogen) atoms. The lowest BCUT2D eigenvalue weighted by Gasteiger charge is -2.15. The Morgan fingerprint density at radius 3 is 2.61 bits per heavy atom. The normalized spacial score (nSPS) is 14.0. The van der Waals surface area contributed by atoms with E-state index < -0.39 is 0 Å². The highest BCUT2D eigenvalue weighted by atomic mass is 35.5. The maximum Gasteiger partial charge on any atom is 0.255 e. The Balaban J connectivity index is 1.67. The second-order valence-corrected chi connectivity index (χ2v) is 5.87. The Morgan fingerprint density at radius 1 is 1.22 bits per heavy atom. The molecule has 2 heterocycles. The van der Waals surface area contributed by atoms with E-state index >= 15 is 0 Å². The second kappa shape index (κ2) is 6.83. The fourth-order valence-corrected chi connectivity index (χ4v) is 2.75. The van der Waals surface area contributed by atoms with Gasteiger partial charge in [0.1, 0.15) is 0 Å². The molecule has 2 amide bonds. The minimum Gasteiger partial charge on any atom is -0.343 e. The van der Waals surface area contributed by atoms with Crippen LogP contribution in [-0.4, -0.2) is 46.5 Å². The van der Waals surface area contributed by atoms with Crippen LogP contribution in [0.25, 0.3) is 11.3 Å². The number of carbonyl (C=O) groups excluding carboxylic acids is 2. The van der Waals surface area contributed by atoms with Gasteiger partial charge in [0.25, 0.3) is 5.91 Å². The van der Waals surface area contributed by atoms with E-state index in [4.69, 9.17) is 11.6 Å². The fourth-order valence-electron chi connectivity index (χ4n) is 2.62. The van der Waals surface area contributed by atoms with E-state index in [1.807, 2.05) is 12.1 Å². The molecule has 3 rings (SSSR count). The van der Waals surface area contributed by atoms with Crippen LogP contribution in [0, 0.1) is 0 Å². The van der Waals surface area contributed by atoms with Crippen LogP contribution in [0.1, 0.15) is 23.2 Å². The van der Waals surface area contributed by atoms with E-state index in [1.165, 1.54) is 6.20 Å². The maximum atomic E-state index is 12.3. The fraction of sp³-hybridized carbons (Fsp3) is 0.312. The summed E-state index contributed by atoms with van der Waals surface area (Å²) in [4.78, 5) is 26.1. The largest absolute Gasteiger partial charge is 0.343 e. The molecular formula is C16H17ClN4O2. The molecule has 0 radical (unpaired) electrons. The Bertz CT molecular complexity index is 705. The van der Waals surface area contributed by atoms with Crippen LogP contribution < -0.4 is 5.32 Å². The van der Waals surface area contributed by atoms with Crippen molar-refractivity contribution in [2.24, 2.45) is 0 Å². The average molecular weight is 333 g/mol. The summed E-state index contributed by atoms with van der Waals surface area (Å²) in [6.45, 7) is 1.55. The molecule has 7 heteroatoms. The van der Waals surface area contributed by atoms with Crippen molar-refractivity contribution < 1.29 is 9.59 Å². The van der Waals surface area contributed by atoms with E-state index in [9.17, 15) is 9.59 Å². The van der Waals surface area contributed by atoms with Gasteiger partial charge in [-0.15, -0.1) is 0 Å². The molecule has 0 spiro atoms. The smallest absolute Gasteiger partial charge is 0.255 e. The highest BCUT2D eigenvalue weighted by Gasteiger charge is 2.20. The lowest BCUT2D eigenvalue weighted by Crippen LogP contribution is -2.38. The topological polar surface area (TPSA) is 78.1 Å². The van der Waals surface area contributed by atoms with Crippen LogP contribution >= 0.6 is 11.6 Å². The average Bonchev–Trinajstić information content (AvgIpc) is 3.24. The minimum atomic E-state index is -0.323. The Morgan fingerprint density at radius 2 is 1.91 bits per heavy atom. The summed E-state index contributed by atoms with van der Waals surface area (Å²) in [6, 6.07) is 7.11. The van der Waals surface area contributed by atoms with Crippen LogP contribution in [-0.2, 0) is 4.79 Å². The SMILES string of the molecule is O=C(NCC(=O)N1CCCC1)c1cn[nH]c1-c1ccc(Cl)cc1. The van der Waals surface area contributed by atoms with Crippen LogP contribution in [0.15, 0.2) is 30.5 Å². The van der Waals surface area contributed by atoms with Gasteiger partial charge in [-0.1, -0.05) is 23.7 Å². The number of aromatic nitrogens is 2. The van der Waals surface area contributed by atoms with Gasteiger partial charge < -0.3 is 10.2 Å². The highest BCUT2D eigenvalue weighted by Crippen LogP contribution is 2.22. The number of H-pyrrole nitrogens is 1. The van der Waals surface area contributed by atoms with Crippen molar-refractivity contribution in [2.75, 3.05) is 19.6 Å². The molecule has 2 N–H and O–H groups in total. The third-order valence-corrected chi connectivity index (χ3v) is 4.13. The van der Waals surface area contributed by atoms with Crippen molar-refractivity contribution in [2.45, 2.75) is 12.8 Å². The maximum absolute atomic E-state index is 12.3. The molecule has 1 aliphatic heterocycles. The molecule has 2 aromatic rings. The summed E-state index contributed by atoms with van der Waals surface area (Å²) in [6.07, 6.45) is 3.52. The van der Waals surface area contributed by atoms with Crippen LogP contribution in [0.4, 0.5) is 0 Å². The van der Waals surface area contributed by atoms with Gasteiger partial charge in [0.2, 0.25) is 5.91 Å². The number of nitrogens with one attached hydrogen (secondary N) is 2. The molecule has 0 aliphatic carbocycles. The summed E-state index contributed by atoms with van der Waals surface area (Å²) >= 11 is 5.87. The highest BCUT2D eigenvalue weighted by molar-refractivity contribution is 6.30. The first kappa shape index (κ1) is 15.6. The number of hydrogen-bond donors (Lipinski definition) is 2. The van der Waals surface area contributed by atoms with E-state index in [0.29, 0.717) is 16.3 Å². The number of nitrogens with zero attached hydrogens (tertiary/aromatic N) is 2. The van der Waals surface area contributed by atoms with Gasteiger partial charge >= 0.3 is 0 Å². The van der Waals surface area contributed by atoms with Gasteiger partial charge in [0, 0.05) is 23.7 Å². The van der Waals surface area contributed by atoms with Crippen molar-refractivity contribution in [1.29, 1.82) is 0 Å². The number of benzene rings is 1. The number of amides is 2. The summed E-state index contributed by atoms with van der Waals surface area (Å²) in [7, 11) is 0. The summed E-state index contributed by atoms with van der Waals surface area (Å²) < 4.78 is 0. The van der Waals surface area contributed by atoms with Gasteiger partial charge in [0.05, 0.1) is 24.0 Å². The van der Waals surface area contributed by atoms with Crippen LogP contribution in [0.2, 0.25) is 5.02 Å². The number of hydrogen-bond acceptors (Lipinski definition) is 3. The van der Waals surface area contributed by atoms with Gasteiger partial charge in [0.15, 0.2) is 0 Å². The zero-order valence-corrected chi connectivity index (χ0v) is 13.3. The molecular weight excluding hydrogens is 316 g/mol. The van der Waals surface area contributed by atoms with Crippen LogP contribution in [0.3, 0.4) is 0 Å². The predicted molar refractivity (Wildman–Crippen MR) is 87.2 cm³/mol. The molecule has 1 saturated heterocycles. The van der Waals surface area contributed by atoms with E-state index in [-0.39, 0.29) is 18.4 Å². The lowest BCUT2D eigenvalue weighted by molar-refractivity contribution is -0.129. The third kappa shape index (κ3) is 3.53. The summed E-state index contributed by atoms with van der Waals surface area (Å²) in [5.74, 6) is -0.372. The van der Waals surface area contributed by atoms with E-state index in [0.717, 1.165) is 31.5 Å². The number of likely N-dealkylation sites (tertiary alicyclic amines) is 1. The van der Waals surface area contributed by atoms with Gasteiger partial charge in [-0.05, 0) is 25.0 Å². The predicted octanol–water partition coefficient (Wildman–Crippen LogP) is 2.08. The quantitative estimate of drug-likeness (QED) is 0.899. The standard InChI is InChI=1S/C16H17ClN4O2/c17-12-5-3-11(4-6-12)15-13(9-19-20-15)16(23)18-10-14(22)21-7-1-2-8-21/h3-6,9H,1-2,7-8,10H2,(H,18,23)(H,19,20). The first-order valence-electron chi connectivity index (χ1n) is 7.50. The molecule has 120 valence electrons. The molecule has 1 aliphatic rings. The number of aromatic amines is 1. The molecule has 0 saturated carbocycles. The number of rotatable bonds is 4. The van der Waals surface area contributed by atoms with Gasteiger partial charge in [-0.2, -0.15) is 5.10 Å². The molecule has 0 atom stereocenters. The van der Waals surface area contributed by atoms with E-state index in [1.54, 1.807) is 17.0 Å². The first-order valence-corrected chi connectivity index (χ1v) is 7.88. The van der Waals surface area contributed by atoms with Gasteiger partial charge in [-0.3, -0.25) is 14.7 Å². The van der Waals surface area contributed by atoms with Gasteiger partial charge in [-0.25, -0.2) is 0 Å². The first-order chi connectivity index (χ1) is 11.1. The third-order valence-electron chi connectivity index (χ3n) is 3.88. The Hall–Kier alpha value is -2.34. The van der Waals surface area contributed by atoms with Crippen molar-refractivity contribution in [1.82, 2.24) is 20.4 Å². The monoisotopic (exact) mass is 332 g/mol. The van der Waals surface area contributed by atoms with E-state index in [2.05, 4.69) is 15.5 Å². The minimum absolute atomic E-state index is 0.00404. The van der Waals surface area contributed by atoms with Crippen LogP contribution in [0.5, 0.6) is 0 Å². The molecule has 1 fully saturated rings. The molecule has 0 unspecified atom stereocenters. The van der Waals surface area contributed by atoms with Crippen molar-refractivity contribution >= 4 is 23.4 Å². The van der Waals surface area contributed by atoms with Crippen molar-refractivity contribution in [3.05, 3.63) is 41.0 Å². The molecule has 0 bridgehead atoms. The Labute approximate surface area is 138 Å². The second-order valence-electron chi connectivity index (χ2n) is 5.44. The lowest BCUT2D eigenvalue weighted by atomic mass is 10.1. The zero-order valence-electron chi connectivity index (χ0n) is 12.5. The Kier molecular flexibility index (Phi) is 4.62. The summed E-state index contributed by atoms with van der Waals surface area (Å²) in [5.41, 5.74) is 1.82. The molecule has 1 aromatic heterocycles. The summed E-state index contributed by atoms with van der Waals surface area (Å²) in [5, 5.41) is 10.0. The van der Waals surface area contributed by atoms with Crippen molar-refractivity contribution in [3.8, 4) is 11.3 Å². The molecule has 1 aromatic carbocycles. The number of carbonyl (C=O) groups is 2. The number of halogens is 1. The zero-order chi connectivity index (χ0) is 16.2.